The number of benzene rings is 1. The van der Waals surface area contributed by atoms with Crippen LogP contribution in [0.5, 0.6) is 0 Å². The number of nitrogens with zero attached hydrogens (tertiary/aromatic N) is 1. The van der Waals surface area contributed by atoms with Crippen molar-refractivity contribution in [2.45, 2.75) is 18.2 Å². The smallest absolute Gasteiger partial charge is 0.207 e. The summed E-state index contributed by atoms with van der Waals surface area (Å²) in [5.41, 5.74) is 2.30. The van der Waals surface area contributed by atoms with Gasteiger partial charge in [-0.25, -0.2) is 8.42 Å². The lowest BCUT2D eigenvalue weighted by molar-refractivity contribution is 0.458. The summed E-state index contributed by atoms with van der Waals surface area (Å²) in [6.07, 6.45) is 7.13. The highest BCUT2D eigenvalue weighted by atomic mass is 32.2. The van der Waals surface area contributed by atoms with E-state index in [1.807, 2.05) is 25.1 Å². The van der Waals surface area contributed by atoms with E-state index in [0.29, 0.717) is 23.9 Å². The topological polar surface area (TPSA) is 37.4 Å². The normalized spacial score (nSPS) is 23.2. The second kappa shape index (κ2) is 4.62. The molecule has 1 unspecified atom stereocenters. The standard InChI is InChI=1S/C15H17NO2S/c1-12-6-8-15(9-7-12)19(17,18)16-10-13-4-2-3-5-14(13)11-16/h2-4,6-9,14H,5,10-11H2,1H3. The minimum absolute atomic E-state index is 0.366. The van der Waals surface area contributed by atoms with E-state index in [4.69, 9.17) is 0 Å². The molecule has 1 fully saturated rings. The Morgan fingerprint density at radius 3 is 2.63 bits per heavy atom. The van der Waals surface area contributed by atoms with Crippen LogP contribution in [-0.4, -0.2) is 25.8 Å². The molecule has 1 atom stereocenters. The van der Waals surface area contributed by atoms with Gasteiger partial charge in [-0.05, 0) is 31.4 Å². The molecule has 0 amide bonds. The second-order valence-corrected chi connectivity index (χ2v) is 7.15. The van der Waals surface area contributed by atoms with Crippen LogP contribution < -0.4 is 0 Å². The minimum Gasteiger partial charge on any atom is -0.207 e. The Kier molecular flexibility index (Phi) is 3.07. The number of hydrogen-bond donors (Lipinski definition) is 0. The van der Waals surface area contributed by atoms with Gasteiger partial charge in [-0.1, -0.05) is 41.5 Å². The van der Waals surface area contributed by atoms with Gasteiger partial charge in [0, 0.05) is 13.1 Å². The summed E-state index contributed by atoms with van der Waals surface area (Å²) in [4.78, 5) is 0.394. The van der Waals surface area contributed by atoms with E-state index in [9.17, 15) is 8.42 Å². The average molecular weight is 275 g/mol. The molecule has 0 bridgehead atoms. The Morgan fingerprint density at radius 1 is 1.21 bits per heavy atom. The maximum absolute atomic E-state index is 12.6. The molecule has 0 spiro atoms. The summed E-state index contributed by atoms with van der Waals surface area (Å²) < 4.78 is 26.7. The molecule has 1 aromatic rings. The van der Waals surface area contributed by atoms with Gasteiger partial charge in [0.2, 0.25) is 10.0 Å². The van der Waals surface area contributed by atoms with Crippen molar-refractivity contribution in [2.75, 3.05) is 13.1 Å². The number of sulfonamides is 1. The Bertz CT molecular complexity index is 641. The molecule has 19 heavy (non-hydrogen) atoms. The molecule has 2 aliphatic rings. The molecule has 1 aliphatic heterocycles. The van der Waals surface area contributed by atoms with E-state index in [1.165, 1.54) is 5.57 Å². The van der Waals surface area contributed by atoms with E-state index in [0.717, 1.165) is 12.0 Å². The molecule has 1 aliphatic carbocycles. The molecular weight excluding hydrogens is 258 g/mol. The van der Waals surface area contributed by atoms with Crippen molar-refractivity contribution < 1.29 is 8.42 Å². The molecule has 4 heteroatoms. The van der Waals surface area contributed by atoms with Gasteiger partial charge in [0.1, 0.15) is 0 Å². The van der Waals surface area contributed by atoms with Gasteiger partial charge < -0.3 is 0 Å². The number of fused-ring (bicyclic) bond motifs is 1. The highest BCUT2D eigenvalue weighted by Crippen LogP contribution is 2.32. The van der Waals surface area contributed by atoms with Crippen LogP contribution in [0.4, 0.5) is 0 Å². The summed E-state index contributed by atoms with van der Waals surface area (Å²) in [6, 6.07) is 7.08. The summed E-state index contributed by atoms with van der Waals surface area (Å²) in [5, 5.41) is 0. The van der Waals surface area contributed by atoms with E-state index < -0.39 is 10.0 Å². The van der Waals surface area contributed by atoms with E-state index in [2.05, 4.69) is 12.2 Å². The van der Waals surface area contributed by atoms with Gasteiger partial charge in [0.25, 0.3) is 0 Å². The van der Waals surface area contributed by atoms with Crippen LogP contribution in [0, 0.1) is 12.8 Å². The molecule has 0 aromatic heterocycles. The summed E-state index contributed by atoms with van der Waals surface area (Å²) in [7, 11) is -3.35. The van der Waals surface area contributed by atoms with Crippen molar-refractivity contribution in [1.82, 2.24) is 4.31 Å². The Morgan fingerprint density at radius 2 is 1.95 bits per heavy atom. The van der Waals surface area contributed by atoms with Crippen LogP contribution in [0.3, 0.4) is 0 Å². The van der Waals surface area contributed by atoms with Gasteiger partial charge in [-0.15, -0.1) is 0 Å². The average Bonchev–Trinajstić information content (AvgIpc) is 2.83. The lowest BCUT2D eigenvalue weighted by Crippen LogP contribution is -2.28. The molecule has 3 nitrogen and oxygen atoms in total. The molecular formula is C15H17NO2S. The molecule has 1 aromatic carbocycles. The fourth-order valence-electron chi connectivity index (χ4n) is 2.65. The van der Waals surface area contributed by atoms with Gasteiger partial charge in [-0.2, -0.15) is 4.31 Å². The highest BCUT2D eigenvalue weighted by molar-refractivity contribution is 7.89. The van der Waals surface area contributed by atoms with E-state index in [-0.39, 0.29) is 0 Å². The van der Waals surface area contributed by atoms with Crippen molar-refractivity contribution >= 4 is 10.0 Å². The molecule has 1 heterocycles. The van der Waals surface area contributed by atoms with Crippen LogP contribution in [0.1, 0.15) is 12.0 Å². The van der Waals surface area contributed by atoms with E-state index >= 15 is 0 Å². The van der Waals surface area contributed by atoms with Crippen LogP contribution >= 0.6 is 0 Å². The maximum atomic E-state index is 12.6. The summed E-state index contributed by atoms with van der Waals surface area (Å²) in [5.74, 6) is 0.366. The second-order valence-electron chi connectivity index (χ2n) is 5.21. The largest absolute Gasteiger partial charge is 0.243 e. The van der Waals surface area contributed by atoms with Crippen molar-refractivity contribution in [3.63, 3.8) is 0 Å². The third-order valence-electron chi connectivity index (χ3n) is 3.83. The lowest BCUT2D eigenvalue weighted by Gasteiger charge is -2.16. The molecule has 100 valence electrons. The zero-order valence-electron chi connectivity index (χ0n) is 10.9. The predicted octanol–water partition coefficient (Wildman–Crippen LogP) is 2.50. The van der Waals surface area contributed by atoms with Crippen LogP contribution in [0.25, 0.3) is 0 Å². The minimum atomic E-state index is -3.35. The van der Waals surface area contributed by atoms with Crippen LogP contribution in [0.2, 0.25) is 0 Å². The number of allylic oxidation sites excluding steroid dienone is 3. The quantitative estimate of drug-likeness (QED) is 0.831. The fraction of sp³-hybridized carbons (Fsp3) is 0.333. The van der Waals surface area contributed by atoms with E-state index in [1.54, 1.807) is 16.4 Å². The number of aryl methyl sites for hydroxylation is 1. The first kappa shape index (κ1) is 12.6. The van der Waals surface area contributed by atoms with Crippen molar-refractivity contribution in [1.29, 1.82) is 0 Å². The molecule has 0 radical (unpaired) electrons. The zero-order valence-corrected chi connectivity index (χ0v) is 11.7. The van der Waals surface area contributed by atoms with Gasteiger partial charge >= 0.3 is 0 Å². The molecule has 3 rings (SSSR count). The monoisotopic (exact) mass is 275 g/mol. The Hall–Kier alpha value is -1.39. The fourth-order valence-corrected chi connectivity index (χ4v) is 4.13. The first-order valence-electron chi connectivity index (χ1n) is 6.50. The zero-order chi connectivity index (χ0) is 13.5. The Labute approximate surface area is 114 Å². The lowest BCUT2D eigenvalue weighted by atomic mass is 9.95. The maximum Gasteiger partial charge on any atom is 0.243 e. The third-order valence-corrected chi connectivity index (χ3v) is 5.66. The predicted molar refractivity (Wildman–Crippen MR) is 75.3 cm³/mol. The van der Waals surface area contributed by atoms with Crippen LogP contribution in [0.15, 0.2) is 53.0 Å². The van der Waals surface area contributed by atoms with Crippen molar-refractivity contribution in [2.24, 2.45) is 5.92 Å². The summed E-state index contributed by atoms with van der Waals surface area (Å²) >= 11 is 0. The number of rotatable bonds is 2. The first-order valence-corrected chi connectivity index (χ1v) is 7.94. The van der Waals surface area contributed by atoms with Crippen LogP contribution in [-0.2, 0) is 10.0 Å². The Balaban J connectivity index is 1.88. The third kappa shape index (κ3) is 2.26. The van der Waals surface area contributed by atoms with Crippen molar-refractivity contribution in [3.8, 4) is 0 Å². The SMILES string of the molecule is Cc1ccc(S(=O)(=O)N2CC3=CC=CCC3C2)cc1. The number of hydrogen-bond acceptors (Lipinski definition) is 2. The van der Waals surface area contributed by atoms with Gasteiger partial charge in [0.15, 0.2) is 0 Å². The molecule has 0 saturated carbocycles. The summed E-state index contributed by atoms with van der Waals surface area (Å²) in [6.45, 7) is 3.09. The molecule has 1 saturated heterocycles. The van der Waals surface area contributed by atoms with Gasteiger partial charge in [0.05, 0.1) is 4.90 Å². The highest BCUT2D eigenvalue weighted by Gasteiger charge is 2.35. The van der Waals surface area contributed by atoms with Crippen molar-refractivity contribution in [3.05, 3.63) is 53.6 Å². The molecule has 0 N–H and O–H groups in total. The first-order chi connectivity index (χ1) is 9.07. The van der Waals surface area contributed by atoms with Gasteiger partial charge in [-0.3, -0.25) is 0 Å².